The van der Waals surface area contributed by atoms with E-state index in [1.54, 1.807) is 0 Å². The number of rotatable bonds is 5. The lowest BCUT2D eigenvalue weighted by molar-refractivity contribution is -0.383. The van der Waals surface area contributed by atoms with Crippen molar-refractivity contribution in [3.63, 3.8) is 0 Å². The first-order chi connectivity index (χ1) is 11.4. The van der Waals surface area contributed by atoms with E-state index in [1.807, 2.05) is 0 Å². The van der Waals surface area contributed by atoms with E-state index < -0.39 is 28.7 Å². The molecular weight excluding hydrogens is 319 g/mol. The van der Waals surface area contributed by atoms with E-state index in [9.17, 15) is 24.1 Å². The lowest BCUT2D eigenvalue weighted by atomic mass is 10.2. The number of hydrogen-bond acceptors (Lipinski definition) is 5. The molecule has 1 amide bonds. The standard InChI is InChI=1S/C16H13FN2O5/c1-10(24-16(21)11-6-2-3-7-12(11)17)15(20)18-13-8-4-5-9-14(13)19(22)23/h2-10H,1H3,(H,18,20)/t10-/m1/s1. The molecule has 0 aliphatic heterocycles. The van der Waals surface area contributed by atoms with Gasteiger partial charge in [-0.05, 0) is 25.1 Å². The molecule has 0 radical (unpaired) electrons. The minimum atomic E-state index is -1.27. The Balaban J connectivity index is 2.07. The second-order valence-electron chi connectivity index (χ2n) is 4.79. The maximum atomic E-state index is 13.5. The van der Waals surface area contributed by atoms with E-state index in [4.69, 9.17) is 4.74 Å². The molecule has 0 bridgehead atoms. The van der Waals surface area contributed by atoms with E-state index >= 15 is 0 Å². The summed E-state index contributed by atoms with van der Waals surface area (Å²) in [4.78, 5) is 34.1. The number of nitrogens with zero attached hydrogens (tertiary/aromatic N) is 1. The minimum absolute atomic E-state index is 0.0266. The van der Waals surface area contributed by atoms with Gasteiger partial charge in [-0.15, -0.1) is 0 Å². The second-order valence-corrected chi connectivity index (χ2v) is 4.79. The maximum absolute atomic E-state index is 13.5. The second kappa shape index (κ2) is 7.32. The van der Waals surface area contributed by atoms with Crippen molar-refractivity contribution < 1.29 is 23.6 Å². The number of carbonyl (C=O) groups excluding carboxylic acids is 2. The molecule has 0 aromatic heterocycles. The molecule has 0 saturated carbocycles. The van der Waals surface area contributed by atoms with E-state index in [2.05, 4.69) is 5.32 Å². The van der Waals surface area contributed by atoms with Crippen molar-refractivity contribution in [1.82, 2.24) is 0 Å². The van der Waals surface area contributed by atoms with Crippen LogP contribution < -0.4 is 5.32 Å². The summed E-state index contributed by atoms with van der Waals surface area (Å²) in [6, 6.07) is 10.7. The lowest BCUT2D eigenvalue weighted by Gasteiger charge is -2.13. The highest BCUT2D eigenvalue weighted by atomic mass is 19.1. The van der Waals surface area contributed by atoms with E-state index in [1.165, 1.54) is 49.4 Å². The van der Waals surface area contributed by atoms with Gasteiger partial charge in [0.15, 0.2) is 6.10 Å². The third kappa shape index (κ3) is 3.92. The van der Waals surface area contributed by atoms with Crippen molar-refractivity contribution in [2.45, 2.75) is 13.0 Å². The number of para-hydroxylation sites is 2. The predicted molar refractivity (Wildman–Crippen MR) is 83.0 cm³/mol. The summed E-state index contributed by atoms with van der Waals surface area (Å²) >= 11 is 0. The van der Waals surface area contributed by atoms with Crippen LogP contribution in [0.25, 0.3) is 0 Å². The van der Waals surface area contributed by atoms with Gasteiger partial charge in [-0.25, -0.2) is 9.18 Å². The molecule has 0 fully saturated rings. The molecule has 1 N–H and O–H groups in total. The number of benzene rings is 2. The van der Waals surface area contributed by atoms with Crippen LogP contribution in [0.1, 0.15) is 17.3 Å². The van der Waals surface area contributed by atoms with Crippen LogP contribution in [0, 0.1) is 15.9 Å². The van der Waals surface area contributed by atoms with Gasteiger partial charge in [-0.1, -0.05) is 24.3 Å². The number of ether oxygens (including phenoxy) is 1. The van der Waals surface area contributed by atoms with Crippen LogP contribution >= 0.6 is 0 Å². The third-order valence-corrected chi connectivity index (χ3v) is 3.11. The van der Waals surface area contributed by atoms with Crippen molar-refractivity contribution in [3.8, 4) is 0 Å². The summed E-state index contributed by atoms with van der Waals surface area (Å²) in [7, 11) is 0. The van der Waals surface area contributed by atoms with Gasteiger partial charge >= 0.3 is 5.97 Å². The maximum Gasteiger partial charge on any atom is 0.341 e. The molecule has 2 rings (SSSR count). The van der Waals surface area contributed by atoms with Crippen LogP contribution in [0.5, 0.6) is 0 Å². The molecular formula is C16H13FN2O5. The van der Waals surface area contributed by atoms with Crippen LogP contribution in [0.2, 0.25) is 0 Å². The average molecular weight is 332 g/mol. The summed E-state index contributed by atoms with van der Waals surface area (Å²) in [6.45, 7) is 1.28. The first kappa shape index (κ1) is 17.1. The molecule has 24 heavy (non-hydrogen) atoms. The fraction of sp³-hybridized carbons (Fsp3) is 0.125. The summed E-state index contributed by atoms with van der Waals surface area (Å²) < 4.78 is 18.4. The Morgan fingerprint density at radius 1 is 1.17 bits per heavy atom. The van der Waals surface area contributed by atoms with Crippen molar-refractivity contribution in [3.05, 3.63) is 70.0 Å². The predicted octanol–water partition coefficient (Wildman–Crippen LogP) is 2.92. The monoisotopic (exact) mass is 332 g/mol. The Morgan fingerprint density at radius 3 is 2.46 bits per heavy atom. The molecule has 8 heteroatoms. The number of halogens is 1. The number of nitro benzene ring substituents is 1. The molecule has 0 heterocycles. The fourth-order valence-electron chi connectivity index (χ4n) is 1.88. The molecule has 0 aliphatic rings. The minimum Gasteiger partial charge on any atom is -0.449 e. The molecule has 0 unspecified atom stereocenters. The molecule has 2 aromatic rings. The first-order valence-corrected chi connectivity index (χ1v) is 6.90. The number of carbonyl (C=O) groups is 2. The summed E-state index contributed by atoms with van der Waals surface area (Å²) in [5.41, 5.74) is -0.623. The zero-order chi connectivity index (χ0) is 17.7. The van der Waals surface area contributed by atoms with Crippen LogP contribution in [0.15, 0.2) is 48.5 Å². The van der Waals surface area contributed by atoms with E-state index in [-0.39, 0.29) is 16.9 Å². The Labute approximate surface area is 136 Å². The quantitative estimate of drug-likeness (QED) is 0.515. The number of nitro groups is 1. The number of hydrogen-bond donors (Lipinski definition) is 1. The van der Waals surface area contributed by atoms with Gasteiger partial charge in [0, 0.05) is 6.07 Å². The molecule has 124 valence electrons. The van der Waals surface area contributed by atoms with Gasteiger partial charge < -0.3 is 10.1 Å². The average Bonchev–Trinajstić information content (AvgIpc) is 2.55. The highest BCUT2D eigenvalue weighted by Gasteiger charge is 2.23. The highest BCUT2D eigenvalue weighted by Crippen LogP contribution is 2.23. The fourth-order valence-corrected chi connectivity index (χ4v) is 1.88. The van der Waals surface area contributed by atoms with Gasteiger partial charge in [0.05, 0.1) is 10.5 Å². The molecule has 0 aliphatic carbocycles. The van der Waals surface area contributed by atoms with Crippen molar-refractivity contribution in [2.24, 2.45) is 0 Å². The molecule has 1 atom stereocenters. The van der Waals surface area contributed by atoms with Gasteiger partial charge in [0.1, 0.15) is 11.5 Å². The molecule has 2 aromatic carbocycles. The molecule has 0 spiro atoms. The third-order valence-electron chi connectivity index (χ3n) is 3.11. The Bertz CT molecular complexity index is 794. The molecule has 0 saturated heterocycles. The Morgan fingerprint density at radius 2 is 1.79 bits per heavy atom. The van der Waals surface area contributed by atoms with Crippen LogP contribution in [0.3, 0.4) is 0 Å². The van der Waals surface area contributed by atoms with Gasteiger partial charge in [0.2, 0.25) is 0 Å². The first-order valence-electron chi connectivity index (χ1n) is 6.90. The Kier molecular flexibility index (Phi) is 5.20. The zero-order valence-electron chi connectivity index (χ0n) is 12.6. The summed E-state index contributed by atoms with van der Waals surface area (Å²) in [5.74, 6) is -2.54. The number of amides is 1. The normalized spacial score (nSPS) is 11.4. The Hall–Kier alpha value is -3.29. The van der Waals surface area contributed by atoms with E-state index in [0.717, 1.165) is 6.07 Å². The van der Waals surface area contributed by atoms with Crippen LogP contribution in [-0.2, 0) is 9.53 Å². The van der Waals surface area contributed by atoms with Gasteiger partial charge in [-0.3, -0.25) is 14.9 Å². The lowest BCUT2D eigenvalue weighted by Crippen LogP contribution is -2.30. The topological polar surface area (TPSA) is 98.5 Å². The zero-order valence-corrected chi connectivity index (χ0v) is 12.6. The SMILES string of the molecule is C[C@@H](OC(=O)c1ccccc1F)C(=O)Nc1ccccc1[N+](=O)[O-]. The number of anilines is 1. The van der Waals surface area contributed by atoms with Crippen molar-refractivity contribution in [1.29, 1.82) is 0 Å². The van der Waals surface area contributed by atoms with Crippen LogP contribution in [-0.4, -0.2) is 22.9 Å². The highest BCUT2D eigenvalue weighted by molar-refractivity contribution is 5.98. The number of nitrogens with one attached hydrogen (secondary N) is 1. The van der Waals surface area contributed by atoms with Crippen molar-refractivity contribution >= 4 is 23.3 Å². The largest absolute Gasteiger partial charge is 0.449 e. The van der Waals surface area contributed by atoms with Crippen LogP contribution in [0.4, 0.5) is 15.8 Å². The van der Waals surface area contributed by atoms with E-state index in [0.29, 0.717) is 0 Å². The smallest absolute Gasteiger partial charge is 0.341 e. The summed E-state index contributed by atoms with van der Waals surface area (Å²) in [6.07, 6.45) is -1.27. The van der Waals surface area contributed by atoms with Gasteiger partial charge in [-0.2, -0.15) is 0 Å². The van der Waals surface area contributed by atoms with Gasteiger partial charge in [0.25, 0.3) is 11.6 Å². The van der Waals surface area contributed by atoms with Crippen molar-refractivity contribution in [2.75, 3.05) is 5.32 Å². The number of esters is 1. The molecule has 7 nitrogen and oxygen atoms in total. The summed E-state index contributed by atoms with van der Waals surface area (Å²) in [5, 5.41) is 13.2.